The van der Waals surface area contributed by atoms with E-state index in [9.17, 15) is 22.6 Å². The average molecular weight is 655 g/mol. The Kier molecular flexibility index (Phi) is 33.0. The molecule has 0 saturated carbocycles. The van der Waals surface area contributed by atoms with Crippen molar-refractivity contribution in [3.8, 4) is 0 Å². The van der Waals surface area contributed by atoms with E-state index >= 15 is 0 Å². The Morgan fingerprint density at radius 1 is 0.939 bits per heavy atom. The summed E-state index contributed by atoms with van der Waals surface area (Å²) in [5.74, 6) is -1.61. The zero-order valence-corrected chi connectivity index (χ0v) is 27.5. The predicted octanol–water partition coefficient (Wildman–Crippen LogP) is 1.45. The molecule has 0 rings (SSSR count). The van der Waals surface area contributed by atoms with Crippen LogP contribution in [0.5, 0.6) is 0 Å². The van der Waals surface area contributed by atoms with Gasteiger partial charge in [-0.2, -0.15) is 8.42 Å². The molecule has 3 unspecified atom stereocenters. The molecule has 3 atom stereocenters. The van der Waals surface area contributed by atoms with E-state index in [-0.39, 0.29) is 96.9 Å². The van der Waals surface area contributed by atoms with E-state index in [4.69, 9.17) is 18.9 Å². The summed E-state index contributed by atoms with van der Waals surface area (Å²) in [6.07, 6.45) is 6.74. The van der Waals surface area contributed by atoms with E-state index in [1.165, 1.54) is 0 Å². The second kappa shape index (κ2) is 26.3. The number of carbonyl (C=O) groups excluding carboxylic acids is 2. The van der Waals surface area contributed by atoms with E-state index in [0.717, 1.165) is 51.4 Å². The number of hydrogen-bond acceptors (Lipinski definition) is 7. The van der Waals surface area contributed by atoms with Crippen LogP contribution in [-0.2, 0) is 33.7 Å². The number of ether oxygens (including phenoxy) is 2. The smallest absolute Gasteiger partial charge is 1.00 e. The number of carbonyl (C=O) groups is 2. The van der Waals surface area contributed by atoms with E-state index in [2.05, 4.69) is 13.8 Å². The molecule has 13 heteroatoms. The third-order valence-corrected chi connectivity index (χ3v) is 6.08. The third kappa shape index (κ3) is 23.4. The van der Waals surface area contributed by atoms with Crippen molar-refractivity contribution in [1.82, 2.24) is 0 Å². The van der Waals surface area contributed by atoms with Gasteiger partial charge in [0, 0.05) is 40.8 Å². The van der Waals surface area contributed by atoms with Crippen LogP contribution in [0.1, 0.15) is 86.9 Å². The Balaban J connectivity index is -0.000000441. The van der Waals surface area contributed by atoms with E-state index in [0.29, 0.717) is 0 Å². The van der Waals surface area contributed by atoms with Crippen LogP contribution in [0.2, 0.25) is 0 Å². The first-order valence-electron chi connectivity index (χ1n) is 10.9. The van der Waals surface area contributed by atoms with Gasteiger partial charge in [-0.25, -0.2) is 4.57 Å². The molecule has 0 aliphatic rings. The number of hydrogen-bond donors (Lipinski definition) is 2. The molecule has 0 aliphatic carbocycles. The second-order valence-electron chi connectivity index (χ2n) is 7.44. The molecule has 0 heterocycles. The van der Waals surface area contributed by atoms with Crippen molar-refractivity contribution in [2.24, 2.45) is 11.8 Å². The van der Waals surface area contributed by atoms with E-state index in [1.807, 2.05) is 13.8 Å². The van der Waals surface area contributed by atoms with Crippen molar-refractivity contribution in [3.63, 3.8) is 0 Å². The monoisotopic (exact) mass is 652 g/mol. The van der Waals surface area contributed by atoms with Gasteiger partial charge in [0.2, 0.25) is 0 Å². The van der Waals surface area contributed by atoms with Gasteiger partial charge in [-0.3, -0.25) is 14.1 Å². The molecule has 0 saturated heterocycles. The van der Waals surface area contributed by atoms with Crippen LogP contribution in [-0.4, -0.2) is 48.3 Å². The zero-order chi connectivity index (χ0) is 24.3. The van der Waals surface area contributed by atoms with Crippen molar-refractivity contribution in [3.05, 3.63) is 0 Å². The SMILES string of the molecule is CCCCC(CC)COC(=O)CC(C(=O)OCC(CC)CCCC)S(=O)(=O)O.O=PO.[H-].[Na+].[Nd]. The summed E-state index contributed by atoms with van der Waals surface area (Å²) in [4.78, 5) is 31.2. The Morgan fingerprint density at radius 3 is 1.67 bits per heavy atom. The third-order valence-electron chi connectivity index (χ3n) is 5.00. The van der Waals surface area contributed by atoms with E-state index in [1.54, 1.807) is 0 Å². The molecule has 2 N–H and O–H groups in total. The van der Waals surface area contributed by atoms with Crippen molar-refractivity contribution in [2.75, 3.05) is 13.2 Å². The molecule has 9 nitrogen and oxygen atoms in total. The maximum Gasteiger partial charge on any atom is 1.00 e. The van der Waals surface area contributed by atoms with Gasteiger partial charge < -0.3 is 15.8 Å². The summed E-state index contributed by atoms with van der Waals surface area (Å²) in [5.41, 5.74) is 0. The summed E-state index contributed by atoms with van der Waals surface area (Å²) in [7, 11) is -5.60. The molecule has 0 radical (unpaired) electrons. The van der Waals surface area contributed by atoms with Gasteiger partial charge in [0.25, 0.3) is 10.1 Å². The van der Waals surface area contributed by atoms with Gasteiger partial charge in [-0.15, -0.1) is 0 Å². The minimum Gasteiger partial charge on any atom is -1.00 e. The fourth-order valence-electron chi connectivity index (χ4n) is 2.82. The topological polar surface area (TPSA) is 144 Å². The standard InChI is InChI=1S/C20H38O7S.Na.Nd.HO2P.H/c1-5-9-11-16(7-3)14-26-19(21)13-18(28(23,24)25)20(22)27-15-17(8-4)12-10-6-2;;;1-3-2;/h16-18H,5-15H2,1-4H3,(H,23,24,25);;;(H,1,2);/q;+1;;;-1. The molecular formula is C20H40NaNdO9PS. The van der Waals surface area contributed by atoms with Gasteiger partial charge in [-0.1, -0.05) is 66.2 Å². The zero-order valence-electron chi connectivity index (χ0n) is 21.6. The van der Waals surface area contributed by atoms with Gasteiger partial charge in [0.15, 0.2) is 5.25 Å². The normalized spacial score (nSPS) is 13.3. The van der Waals surface area contributed by atoms with Crippen LogP contribution >= 0.6 is 8.69 Å². The fraction of sp³-hybridized carbons (Fsp3) is 0.900. The average Bonchev–Trinajstić information content (AvgIpc) is 2.71. The van der Waals surface area contributed by atoms with Gasteiger partial charge >= 0.3 is 50.2 Å². The van der Waals surface area contributed by atoms with Crippen LogP contribution < -0.4 is 29.6 Å². The number of rotatable bonds is 16. The quantitative estimate of drug-likeness (QED) is 0.109. The molecule has 0 aromatic carbocycles. The molecule has 0 spiro atoms. The summed E-state index contributed by atoms with van der Waals surface area (Å²) < 4.78 is 51.2. The van der Waals surface area contributed by atoms with Crippen molar-refractivity contribution in [1.29, 1.82) is 0 Å². The van der Waals surface area contributed by atoms with E-state index < -0.39 is 42.4 Å². The van der Waals surface area contributed by atoms with Crippen molar-refractivity contribution in [2.45, 2.75) is 90.7 Å². The first-order valence-corrected chi connectivity index (χ1v) is 13.1. The molecule has 0 aromatic heterocycles. The minimum absolute atomic E-state index is 0. The van der Waals surface area contributed by atoms with Crippen LogP contribution in [0.25, 0.3) is 0 Å². The molecule has 0 aromatic rings. The second-order valence-corrected chi connectivity index (χ2v) is 9.20. The maximum atomic E-state index is 12.2. The Morgan fingerprint density at radius 2 is 1.33 bits per heavy atom. The van der Waals surface area contributed by atoms with Crippen LogP contribution in [0, 0.1) is 52.7 Å². The summed E-state index contributed by atoms with van der Waals surface area (Å²) in [5, 5.41) is -1.95. The van der Waals surface area contributed by atoms with Crippen LogP contribution in [0.3, 0.4) is 0 Å². The number of esters is 2. The maximum absolute atomic E-state index is 12.2. The van der Waals surface area contributed by atoms with Gasteiger partial charge in [-0.05, 0) is 24.7 Å². The Labute approximate surface area is 257 Å². The first kappa shape index (κ1) is 41.4. The minimum atomic E-state index is -4.76. The largest absolute Gasteiger partial charge is 1.00 e. The summed E-state index contributed by atoms with van der Waals surface area (Å²) >= 11 is 0. The first-order chi connectivity index (χ1) is 14.6. The summed E-state index contributed by atoms with van der Waals surface area (Å²) in [6, 6.07) is 0. The predicted molar refractivity (Wildman–Crippen MR) is 119 cm³/mol. The molecule has 0 bridgehead atoms. The molecule has 33 heavy (non-hydrogen) atoms. The Hall–Kier alpha value is 1.26. The fourth-order valence-corrected chi connectivity index (χ4v) is 3.48. The molecule has 0 amide bonds. The molecule has 0 fully saturated rings. The van der Waals surface area contributed by atoms with Gasteiger partial charge in [0.05, 0.1) is 19.6 Å². The molecule has 190 valence electrons. The van der Waals surface area contributed by atoms with Crippen LogP contribution in [0.15, 0.2) is 0 Å². The van der Waals surface area contributed by atoms with Crippen molar-refractivity contribution < 1.29 is 113 Å². The molecule has 0 aliphatic heterocycles. The van der Waals surface area contributed by atoms with Crippen LogP contribution in [0.4, 0.5) is 0 Å². The Bertz CT molecular complexity index is 615. The van der Waals surface area contributed by atoms with Gasteiger partial charge in [0.1, 0.15) is 0 Å². The summed E-state index contributed by atoms with van der Waals surface area (Å²) in [6.45, 7) is 8.35. The molecular weight excluding hydrogens is 614 g/mol. The number of unbranched alkanes of at least 4 members (excludes halogenated alkanes) is 2. The van der Waals surface area contributed by atoms with Crippen molar-refractivity contribution >= 4 is 30.7 Å².